The molecule has 0 atom stereocenters. The Morgan fingerprint density at radius 3 is 2.65 bits per heavy atom. The number of anilines is 1. The van der Waals surface area contributed by atoms with E-state index >= 15 is 0 Å². The zero-order valence-corrected chi connectivity index (χ0v) is 14.2. The van der Waals surface area contributed by atoms with E-state index in [0.29, 0.717) is 5.11 Å². The molecule has 23 heavy (non-hydrogen) atoms. The van der Waals surface area contributed by atoms with Crippen LogP contribution in [-0.2, 0) is 6.54 Å². The first-order chi connectivity index (χ1) is 11.1. The van der Waals surface area contributed by atoms with Crippen molar-refractivity contribution < 1.29 is 0 Å². The van der Waals surface area contributed by atoms with Gasteiger partial charge in [-0.2, -0.15) is 0 Å². The molecule has 0 saturated carbocycles. The summed E-state index contributed by atoms with van der Waals surface area (Å²) in [5.74, 6) is 1.02. The number of para-hydroxylation sites is 3. The summed E-state index contributed by atoms with van der Waals surface area (Å²) < 4.78 is 2.21. The molecule has 0 radical (unpaired) electrons. The number of hydrogen-bond acceptors (Lipinski definition) is 2. The summed E-state index contributed by atoms with van der Waals surface area (Å²) in [6.07, 6.45) is 0. The fraction of sp³-hybridized carbons (Fsp3) is 0.222. The van der Waals surface area contributed by atoms with Crippen LogP contribution in [0.15, 0.2) is 48.5 Å². The lowest BCUT2D eigenvalue weighted by Gasteiger charge is -2.13. The van der Waals surface area contributed by atoms with E-state index in [9.17, 15) is 0 Å². The lowest BCUT2D eigenvalue weighted by Crippen LogP contribution is -2.31. The van der Waals surface area contributed by atoms with Gasteiger partial charge in [0, 0.05) is 18.8 Å². The van der Waals surface area contributed by atoms with E-state index in [1.807, 2.05) is 43.3 Å². The van der Waals surface area contributed by atoms with Crippen LogP contribution in [0.4, 0.5) is 5.69 Å². The van der Waals surface area contributed by atoms with Gasteiger partial charge in [-0.25, -0.2) is 4.98 Å². The number of nitrogens with zero attached hydrogens (tertiary/aromatic N) is 2. The van der Waals surface area contributed by atoms with Crippen LogP contribution >= 0.6 is 12.2 Å². The van der Waals surface area contributed by atoms with Crippen LogP contribution in [0, 0.1) is 13.8 Å². The second kappa shape index (κ2) is 6.79. The number of rotatable bonds is 4. The fourth-order valence-electron chi connectivity index (χ4n) is 2.64. The Morgan fingerprint density at radius 2 is 1.83 bits per heavy atom. The van der Waals surface area contributed by atoms with Crippen molar-refractivity contribution in [2.24, 2.45) is 0 Å². The Bertz CT molecular complexity index is 838. The molecule has 5 heteroatoms. The first-order valence-corrected chi connectivity index (χ1v) is 8.08. The van der Waals surface area contributed by atoms with Gasteiger partial charge in [-0.3, -0.25) is 0 Å². The Balaban J connectivity index is 1.59. The normalized spacial score (nSPS) is 10.7. The zero-order chi connectivity index (χ0) is 16.2. The summed E-state index contributed by atoms with van der Waals surface area (Å²) in [4.78, 5) is 4.58. The smallest absolute Gasteiger partial charge is 0.170 e. The third-order valence-electron chi connectivity index (χ3n) is 3.86. The number of benzene rings is 2. The number of hydrogen-bond donors (Lipinski definition) is 2. The van der Waals surface area contributed by atoms with Crippen LogP contribution in [0.3, 0.4) is 0 Å². The van der Waals surface area contributed by atoms with E-state index in [2.05, 4.69) is 39.2 Å². The molecule has 0 unspecified atom stereocenters. The number of aryl methyl sites for hydroxylation is 2. The van der Waals surface area contributed by atoms with Crippen LogP contribution < -0.4 is 10.6 Å². The molecule has 0 aliphatic carbocycles. The minimum absolute atomic E-state index is 0.640. The average molecular weight is 324 g/mol. The molecule has 2 N–H and O–H groups in total. The summed E-state index contributed by atoms with van der Waals surface area (Å²) in [6.45, 7) is 5.66. The zero-order valence-electron chi connectivity index (χ0n) is 13.3. The van der Waals surface area contributed by atoms with E-state index in [1.54, 1.807) is 0 Å². The SMILES string of the molecule is Cc1ccccc1NC(=S)NCCn1c(C)nc2ccccc21. The van der Waals surface area contributed by atoms with Crippen LogP contribution in [0.2, 0.25) is 0 Å². The summed E-state index contributed by atoms with van der Waals surface area (Å²) in [6, 6.07) is 16.3. The van der Waals surface area contributed by atoms with Crippen molar-refractivity contribution in [2.75, 3.05) is 11.9 Å². The van der Waals surface area contributed by atoms with Gasteiger partial charge in [0.25, 0.3) is 0 Å². The van der Waals surface area contributed by atoms with Crippen molar-refractivity contribution in [3.63, 3.8) is 0 Å². The van der Waals surface area contributed by atoms with Crippen molar-refractivity contribution >= 4 is 34.1 Å². The van der Waals surface area contributed by atoms with Crippen LogP contribution in [0.25, 0.3) is 11.0 Å². The lowest BCUT2D eigenvalue weighted by atomic mass is 10.2. The summed E-state index contributed by atoms with van der Waals surface area (Å²) in [7, 11) is 0. The van der Waals surface area contributed by atoms with Crippen molar-refractivity contribution in [1.29, 1.82) is 0 Å². The molecule has 3 rings (SSSR count). The van der Waals surface area contributed by atoms with Gasteiger partial charge in [-0.1, -0.05) is 30.3 Å². The molecule has 118 valence electrons. The lowest BCUT2D eigenvalue weighted by molar-refractivity contribution is 0.673. The van der Waals surface area contributed by atoms with Gasteiger partial charge in [0.2, 0.25) is 0 Å². The first-order valence-electron chi connectivity index (χ1n) is 7.67. The van der Waals surface area contributed by atoms with Gasteiger partial charge in [0.05, 0.1) is 11.0 Å². The van der Waals surface area contributed by atoms with E-state index in [0.717, 1.165) is 35.6 Å². The molecule has 0 amide bonds. The summed E-state index contributed by atoms with van der Waals surface area (Å²) in [5, 5.41) is 7.14. The molecule has 0 aliphatic heterocycles. The molecule has 2 aromatic carbocycles. The molecular formula is C18H20N4S. The van der Waals surface area contributed by atoms with Crippen LogP contribution in [-0.4, -0.2) is 21.2 Å². The van der Waals surface area contributed by atoms with Gasteiger partial charge in [-0.15, -0.1) is 0 Å². The topological polar surface area (TPSA) is 41.9 Å². The van der Waals surface area contributed by atoms with E-state index in [1.165, 1.54) is 5.56 Å². The quantitative estimate of drug-likeness (QED) is 0.719. The van der Waals surface area contributed by atoms with Gasteiger partial charge < -0.3 is 15.2 Å². The standard InChI is InChI=1S/C18H20N4S/c1-13-7-3-4-8-15(13)21-18(23)19-11-12-22-14(2)20-16-9-5-6-10-17(16)22/h3-10H,11-12H2,1-2H3,(H2,19,21,23). The van der Waals surface area contributed by atoms with Gasteiger partial charge in [0.15, 0.2) is 5.11 Å². The number of aromatic nitrogens is 2. The number of thiocarbonyl (C=S) groups is 1. The molecule has 0 spiro atoms. The molecule has 0 fully saturated rings. The molecule has 1 aromatic heterocycles. The fourth-order valence-corrected chi connectivity index (χ4v) is 2.85. The second-order valence-electron chi connectivity index (χ2n) is 5.50. The molecule has 0 saturated heterocycles. The van der Waals surface area contributed by atoms with Crippen LogP contribution in [0.1, 0.15) is 11.4 Å². The monoisotopic (exact) mass is 324 g/mol. The van der Waals surface area contributed by atoms with Gasteiger partial charge in [0.1, 0.15) is 5.82 Å². The van der Waals surface area contributed by atoms with Crippen molar-refractivity contribution in [1.82, 2.24) is 14.9 Å². The number of fused-ring (bicyclic) bond motifs is 1. The van der Waals surface area contributed by atoms with E-state index < -0.39 is 0 Å². The third-order valence-corrected chi connectivity index (χ3v) is 4.11. The highest BCUT2D eigenvalue weighted by atomic mass is 32.1. The maximum atomic E-state index is 5.37. The molecular weight excluding hydrogens is 304 g/mol. The third kappa shape index (κ3) is 3.51. The Hall–Kier alpha value is -2.40. The highest BCUT2D eigenvalue weighted by Gasteiger charge is 2.06. The Kier molecular flexibility index (Phi) is 4.57. The molecule has 0 aliphatic rings. The van der Waals surface area contributed by atoms with Crippen molar-refractivity contribution in [2.45, 2.75) is 20.4 Å². The number of nitrogens with one attached hydrogen (secondary N) is 2. The van der Waals surface area contributed by atoms with Crippen molar-refractivity contribution in [3.8, 4) is 0 Å². The predicted octanol–water partition coefficient (Wildman–Crippen LogP) is 3.64. The summed E-state index contributed by atoms with van der Waals surface area (Å²) >= 11 is 5.37. The molecule has 1 heterocycles. The van der Waals surface area contributed by atoms with E-state index in [-0.39, 0.29) is 0 Å². The molecule has 3 aromatic rings. The summed E-state index contributed by atoms with van der Waals surface area (Å²) in [5.41, 5.74) is 4.40. The predicted molar refractivity (Wildman–Crippen MR) is 99.9 cm³/mol. The van der Waals surface area contributed by atoms with Crippen LogP contribution in [0.5, 0.6) is 0 Å². The highest BCUT2D eigenvalue weighted by molar-refractivity contribution is 7.80. The highest BCUT2D eigenvalue weighted by Crippen LogP contribution is 2.15. The van der Waals surface area contributed by atoms with Gasteiger partial charge >= 0.3 is 0 Å². The Morgan fingerprint density at radius 1 is 1.09 bits per heavy atom. The van der Waals surface area contributed by atoms with Crippen molar-refractivity contribution in [3.05, 3.63) is 59.9 Å². The van der Waals surface area contributed by atoms with Gasteiger partial charge in [-0.05, 0) is 49.8 Å². The second-order valence-corrected chi connectivity index (χ2v) is 5.90. The maximum absolute atomic E-state index is 5.37. The Labute approximate surface area is 141 Å². The van der Waals surface area contributed by atoms with E-state index in [4.69, 9.17) is 12.2 Å². The minimum Gasteiger partial charge on any atom is -0.361 e. The largest absolute Gasteiger partial charge is 0.361 e. The average Bonchev–Trinajstić information content (AvgIpc) is 2.86. The molecule has 4 nitrogen and oxygen atoms in total. The first kappa shape index (κ1) is 15.5. The minimum atomic E-state index is 0.640. The molecule has 0 bridgehead atoms. The number of imidazole rings is 1. The maximum Gasteiger partial charge on any atom is 0.170 e.